The monoisotopic (exact) mass is 449 g/mol. The highest BCUT2D eigenvalue weighted by Gasteiger charge is 2.44. The van der Waals surface area contributed by atoms with Crippen LogP contribution in [-0.2, 0) is 6.42 Å². The molecule has 2 heterocycles. The number of likely N-dealkylation sites (tertiary alicyclic amines) is 1. The topological polar surface area (TPSA) is 41.1 Å². The van der Waals surface area contributed by atoms with Gasteiger partial charge in [-0.3, -0.25) is 0 Å². The third-order valence-electron chi connectivity index (χ3n) is 6.36. The van der Waals surface area contributed by atoms with Gasteiger partial charge in [0.15, 0.2) is 5.75 Å². The van der Waals surface area contributed by atoms with Gasteiger partial charge in [0.2, 0.25) is 5.92 Å². The van der Waals surface area contributed by atoms with Crippen LogP contribution in [0.4, 0.5) is 26.3 Å². The molecule has 2 fully saturated rings. The number of alkyl halides is 5. The molecule has 0 atom stereocenters. The van der Waals surface area contributed by atoms with Gasteiger partial charge in [-0.1, -0.05) is 0 Å². The molecule has 2 aromatic rings. The van der Waals surface area contributed by atoms with Crippen molar-refractivity contribution in [2.75, 3.05) is 19.6 Å². The van der Waals surface area contributed by atoms with Gasteiger partial charge in [0.1, 0.15) is 22.8 Å². The van der Waals surface area contributed by atoms with E-state index in [1.807, 2.05) is 4.90 Å². The molecule has 1 saturated carbocycles. The second-order valence-electron chi connectivity index (χ2n) is 8.79. The molecule has 2 aliphatic rings. The summed E-state index contributed by atoms with van der Waals surface area (Å²) in [5.41, 5.74) is -1.11. The van der Waals surface area contributed by atoms with E-state index in [1.165, 1.54) is 6.07 Å². The molecule has 1 N–H and O–H groups in total. The average Bonchev–Trinajstić information content (AvgIpc) is 3.08. The summed E-state index contributed by atoms with van der Waals surface area (Å²) in [5.74, 6) is -2.97. The second-order valence-corrected chi connectivity index (χ2v) is 8.79. The minimum Gasteiger partial charge on any atom is -0.432 e. The van der Waals surface area contributed by atoms with Gasteiger partial charge in [-0.25, -0.2) is 22.5 Å². The lowest BCUT2D eigenvalue weighted by Gasteiger charge is -2.40. The standard InChI is InChI=1S/C21H25F6N3O/c22-14-10-15-18(16(11-14)31-19(23)24)29-17(28-15)9-13-1-7-30(8-2-13)12-20(25)3-5-21(26,27)6-4-20/h10-11,13,19H,1-9,12H2,(H,28,29). The number of aromatic amines is 1. The van der Waals surface area contributed by atoms with Crippen LogP contribution in [0.5, 0.6) is 5.75 Å². The molecule has 1 saturated heterocycles. The number of H-pyrrole nitrogens is 1. The minimum atomic E-state index is -3.08. The number of fused-ring (bicyclic) bond motifs is 1. The van der Waals surface area contributed by atoms with E-state index in [0.717, 1.165) is 18.9 Å². The van der Waals surface area contributed by atoms with E-state index < -0.39 is 36.9 Å². The molecule has 0 bridgehead atoms. The summed E-state index contributed by atoms with van der Waals surface area (Å²) in [5, 5.41) is 0. The maximum atomic E-state index is 14.9. The first-order chi connectivity index (χ1) is 14.6. The maximum Gasteiger partial charge on any atom is 0.387 e. The molecule has 0 unspecified atom stereocenters. The first-order valence-corrected chi connectivity index (χ1v) is 10.5. The molecule has 0 spiro atoms. The van der Waals surface area contributed by atoms with Crippen LogP contribution >= 0.6 is 0 Å². The van der Waals surface area contributed by atoms with Crippen molar-refractivity contribution in [1.82, 2.24) is 14.9 Å². The van der Waals surface area contributed by atoms with E-state index in [9.17, 15) is 26.3 Å². The summed E-state index contributed by atoms with van der Waals surface area (Å²) < 4.78 is 84.8. The van der Waals surface area contributed by atoms with E-state index in [1.54, 1.807) is 0 Å². The predicted molar refractivity (Wildman–Crippen MR) is 103 cm³/mol. The molecule has 0 amide bonds. The molecule has 31 heavy (non-hydrogen) atoms. The van der Waals surface area contributed by atoms with Gasteiger partial charge in [-0.05, 0) is 50.8 Å². The van der Waals surface area contributed by atoms with Crippen LogP contribution in [0, 0.1) is 11.7 Å². The zero-order valence-electron chi connectivity index (χ0n) is 17.0. The Hall–Kier alpha value is -1.97. The number of rotatable bonds is 6. The molecule has 0 radical (unpaired) electrons. The molecule has 4 nitrogen and oxygen atoms in total. The van der Waals surface area contributed by atoms with Crippen LogP contribution in [0.3, 0.4) is 0 Å². The Kier molecular flexibility index (Phi) is 6.11. The van der Waals surface area contributed by atoms with Gasteiger partial charge in [0, 0.05) is 31.9 Å². The molecule has 10 heteroatoms. The number of hydrogen-bond donors (Lipinski definition) is 1. The summed E-state index contributed by atoms with van der Waals surface area (Å²) in [6.07, 6.45) is 1.08. The number of halogens is 6. The van der Waals surface area contributed by atoms with Crippen molar-refractivity contribution in [3.05, 3.63) is 23.8 Å². The van der Waals surface area contributed by atoms with E-state index >= 15 is 0 Å². The van der Waals surface area contributed by atoms with E-state index in [-0.39, 0.29) is 42.1 Å². The molecule has 172 valence electrons. The summed E-state index contributed by atoms with van der Waals surface area (Å²) in [4.78, 5) is 9.27. The summed E-state index contributed by atoms with van der Waals surface area (Å²) >= 11 is 0. The van der Waals surface area contributed by atoms with E-state index in [2.05, 4.69) is 14.7 Å². The van der Waals surface area contributed by atoms with Crippen molar-refractivity contribution >= 4 is 11.0 Å². The first kappa shape index (κ1) is 22.2. The Morgan fingerprint density at radius 2 is 1.77 bits per heavy atom. The van der Waals surface area contributed by atoms with Gasteiger partial charge in [0.25, 0.3) is 0 Å². The zero-order valence-corrected chi connectivity index (χ0v) is 17.0. The lowest BCUT2D eigenvalue weighted by molar-refractivity contribution is -0.0838. The van der Waals surface area contributed by atoms with Crippen molar-refractivity contribution < 1.29 is 31.1 Å². The summed E-state index contributed by atoms with van der Waals surface area (Å²) in [6.45, 7) is -1.60. The zero-order chi connectivity index (χ0) is 22.2. The van der Waals surface area contributed by atoms with Crippen molar-refractivity contribution in [2.45, 2.75) is 63.1 Å². The normalized spacial score (nSPS) is 22.3. The van der Waals surface area contributed by atoms with Gasteiger partial charge >= 0.3 is 6.61 Å². The van der Waals surface area contributed by atoms with Gasteiger partial charge in [0.05, 0.1) is 5.52 Å². The molecule has 4 rings (SSSR count). The molecule has 1 aliphatic carbocycles. The predicted octanol–water partition coefficient (Wildman–Crippen LogP) is 5.48. The molecular formula is C21H25F6N3O. The highest BCUT2D eigenvalue weighted by atomic mass is 19.3. The van der Waals surface area contributed by atoms with Crippen LogP contribution in [0.2, 0.25) is 0 Å². The van der Waals surface area contributed by atoms with Gasteiger partial charge in [-0.15, -0.1) is 0 Å². The molecule has 1 aromatic carbocycles. The Morgan fingerprint density at radius 1 is 1.10 bits per heavy atom. The molecule has 1 aliphatic heterocycles. The minimum absolute atomic E-state index is 0.113. The van der Waals surface area contributed by atoms with E-state index in [4.69, 9.17) is 0 Å². The number of ether oxygens (including phenoxy) is 1. The number of nitrogens with zero attached hydrogens (tertiary/aromatic N) is 2. The number of benzene rings is 1. The summed E-state index contributed by atoms with van der Waals surface area (Å²) in [6, 6.07) is 2.06. The van der Waals surface area contributed by atoms with Crippen LogP contribution in [0.1, 0.15) is 44.3 Å². The summed E-state index contributed by atoms with van der Waals surface area (Å²) in [7, 11) is 0. The fraction of sp³-hybridized carbons (Fsp3) is 0.667. The second kappa shape index (κ2) is 8.52. The Bertz CT molecular complexity index is 900. The largest absolute Gasteiger partial charge is 0.432 e. The third kappa shape index (κ3) is 5.45. The average molecular weight is 449 g/mol. The molecule has 1 aromatic heterocycles. The smallest absolute Gasteiger partial charge is 0.387 e. The number of piperidine rings is 1. The lowest BCUT2D eigenvalue weighted by Crippen LogP contribution is -2.47. The lowest BCUT2D eigenvalue weighted by atomic mass is 9.83. The quantitative estimate of drug-likeness (QED) is 0.595. The van der Waals surface area contributed by atoms with Crippen molar-refractivity contribution in [3.63, 3.8) is 0 Å². The van der Waals surface area contributed by atoms with Crippen molar-refractivity contribution in [3.8, 4) is 5.75 Å². The van der Waals surface area contributed by atoms with E-state index in [0.29, 0.717) is 25.3 Å². The number of hydrogen-bond acceptors (Lipinski definition) is 3. The Labute approximate surface area is 176 Å². The van der Waals surface area contributed by atoms with Gasteiger partial charge in [-0.2, -0.15) is 8.78 Å². The third-order valence-corrected chi connectivity index (χ3v) is 6.36. The van der Waals surface area contributed by atoms with Crippen molar-refractivity contribution in [2.24, 2.45) is 5.92 Å². The van der Waals surface area contributed by atoms with Crippen molar-refractivity contribution in [1.29, 1.82) is 0 Å². The number of aromatic nitrogens is 2. The fourth-order valence-corrected chi connectivity index (χ4v) is 4.63. The Morgan fingerprint density at radius 3 is 2.42 bits per heavy atom. The van der Waals surface area contributed by atoms with Gasteiger partial charge < -0.3 is 14.6 Å². The first-order valence-electron chi connectivity index (χ1n) is 10.5. The molecular weight excluding hydrogens is 424 g/mol. The highest BCUT2D eigenvalue weighted by molar-refractivity contribution is 5.81. The fourth-order valence-electron chi connectivity index (χ4n) is 4.63. The van der Waals surface area contributed by atoms with Crippen LogP contribution < -0.4 is 4.74 Å². The van der Waals surface area contributed by atoms with Crippen LogP contribution in [0.25, 0.3) is 11.0 Å². The van der Waals surface area contributed by atoms with Crippen LogP contribution in [0.15, 0.2) is 12.1 Å². The SMILES string of the molecule is Fc1cc(OC(F)F)c2nc(CC3CCN(CC4(F)CCC(F)(F)CC4)CC3)[nH]c2c1. The number of nitrogens with one attached hydrogen (secondary N) is 1. The number of imidazole rings is 1. The Balaban J connectivity index is 1.33. The highest BCUT2D eigenvalue weighted by Crippen LogP contribution is 2.41. The van der Waals surface area contributed by atoms with Crippen LogP contribution in [-0.4, -0.2) is 52.7 Å². The maximum absolute atomic E-state index is 14.9.